The Kier molecular flexibility index (Phi) is 5.75. The Hall–Kier alpha value is -1.14. The summed E-state index contributed by atoms with van der Waals surface area (Å²) >= 11 is 0. The van der Waals surface area contributed by atoms with Gasteiger partial charge in [-0.15, -0.1) is 0 Å². The van der Waals surface area contributed by atoms with Crippen molar-refractivity contribution in [3.8, 4) is 0 Å². The summed E-state index contributed by atoms with van der Waals surface area (Å²) in [6, 6.07) is 2.83. The van der Waals surface area contributed by atoms with Crippen LogP contribution < -0.4 is 5.32 Å². The van der Waals surface area contributed by atoms with Gasteiger partial charge in [-0.05, 0) is 51.4 Å². The molecule has 0 heterocycles. The van der Waals surface area contributed by atoms with Gasteiger partial charge in [0.1, 0.15) is 5.82 Å². The van der Waals surface area contributed by atoms with E-state index in [2.05, 4.69) is 5.32 Å². The summed E-state index contributed by atoms with van der Waals surface area (Å²) in [5.74, 6) is -1.25. The first-order valence-electron chi connectivity index (χ1n) is 6.70. The molecule has 0 bridgehead atoms. The molecular weight excluding hydrogens is 286 g/mol. The number of methoxy groups -OCH3 is 1. The van der Waals surface area contributed by atoms with Crippen LogP contribution in [0.2, 0.25) is 0 Å². The van der Waals surface area contributed by atoms with Gasteiger partial charge in [0.05, 0.1) is 11.2 Å². The van der Waals surface area contributed by atoms with Gasteiger partial charge >= 0.3 is 6.18 Å². The van der Waals surface area contributed by atoms with Crippen LogP contribution in [0.5, 0.6) is 0 Å². The zero-order valence-electron chi connectivity index (χ0n) is 12.6. The van der Waals surface area contributed by atoms with Crippen molar-refractivity contribution in [1.29, 1.82) is 0 Å². The van der Waals surface area contributed by atoms with Crippen LogP contribution in [-0.2, 0) is 10.9 Å². The molecule has 1 aromatic rings. The molecule has 0 saturated carbocycles. The number of alkyl halides is 3. The van der Waals surface area contributed by atoms with Crippen molar-refractivity contribution in [3.05, 3.63) is 35.1 Å². The van der Waals surface area contributed by atoms with Gasteiger partial charge in [-0.2, -0.15) is 13.2 Å². The first kappa shape index (κ1) is 17.9. The van der Waals surface area contributed by atoms with E-state index >= 15 is 0 Å². The van der Waals surface area contributed by atoms with Gasteiger partial charge in [-0.3, -0.25) is 0 Å². The molecule has 0 aliphatic rings. The van der Waals surface area contributed by atoms with E-state index in [0.717, 1.165) is 12.1 Å². The summed E-state index contributed by atoms with van der Waals surface area (Å²) in [6.07, 6.45) is -3.45. The zero-order chi connectivity index (χ0) is 16.3. The van der Waals surface area contributed by atoms with E-state index in [4.69, 9.17) is 4.74 Å². The second-order valence-corrected chi connectivity index (χ2v) is 5.58. The molecule has 1 rings (SSSR count). The number of ether oxygens (including phenoxy) is 1. The van der Waals surface area contributed by atoms with Gasteiger partial charge in [0, 0.05) is 13.2 Å². The molecule has 0 fully saturated rings. The largest absolute Gasteiger partial charge is 0.419 e. The molecule has 6 heteroatoms. The van der Waals surface area contributed by atoms with Crippen LogP contribution in [0.3, 0.4) is 0 Å². The summed E-state index contributed by atoms with van der Waals surface area (Å²) in [7, 11) is 3.26. The maximum absolute atomic E-state index is 13.3. The van der Waals surface area contributed by atoms with Gasteiger partial charge in [0.25, 0.3) is 0 Å². The Morgan fingerprint density at radius 1 is 1.24 bits per heavy atom. The van der Waals surface area contributed by atoms with Crippen LogP contribution in [-0.4, -0.2) is 19.8 Å². The molecule has 1 aromatic carbocycles. The number of rotatable bonds is 6. The van der Waals surface area contributed by atoms with Crippen LogP contribution in [0.4, 0.5) is 17.6 Å². The fourth-order valence-electron chi connectivity index (χ4n) is 2.05. The first-order valence-corrected chi connectivity index (χ1v) is 6.70. The Morgan fingerprint density at radius 3 is 2.33 bits per heavy atom. The lowest BCUT2D eigenvalue weighted by Gasteiger charge is -2.26. The highest BCUT2D eigenvalue weighted by molar-refractivity contribution is 5.29. The lowest BCUT2D eigenvalue weighted by atomic mass is 9.94. The molecule has 1 atom stereocenters. The Labute approximate surface area is 122 Å². The second kappa shape index (κ2) is 6.75. The monoisotopic (exact) mass is 307 g/mol. The van der Waals surface area contributed by atoms with Crippen molar-refractivity contribution in [3.63, 3.8) is 0 Å². The molecule has 0 aromatic heterocycles. The Balaban J connectivity index is 2.97. The SMILES string of the molecule is CNC(CCC(C)(C)OC)c1ccc(F)c(C(F)(F)F)c1. The zero-order valence-corrected chi connectivity index (χ0v) is 12.6. The predicted molar refractivity (Wildman–Crippen MR) is 73.5 cm³/mol. The van der Waals surface area contributed by atoms with E-state index < -0.39 is 17.6 Å². The molecule has 0 saturated heterocycles. The highest BCUT2D eigenvalue weighted by atomic mass is 19.4. The van der Waals surface area contributed by atoms with Crippen molar-refractivity contribution in [1.82, 2.24) is 5.32 Å². The minimum Gasteiger partial charge on any atom is -0.379 e. The molecule has 0 radical (unpaired) electrons. The third-order valence-corrected chi connectivity index (χ3v) is 3.63. The Morgan fingerprint density at radius 2 is 1.86 bits per heavy atom. The maximum atomic E-state index is 13.3. The second-order valence-electron chi connectivity index (χ2n) is 5.58. The molecule has 0 spiro atoms. The molecule has 2 nitrogen and oxygen atoms in total. The highest BCUT2D eigenvalue weighted by Crippen LogP contribution is 2.34. The average molecular weight is 307 g/mol. The van der Waals surface area contributed by atoms with Gasteiger partial charge in [0.2, 0.25) is 0 Å². The lowest BCUT2D eigenvalue weighted by molar-refractivity contribution is -0.140. The van der Waals surface area contributed by atoms with E-state index in [0.29, 0.717) is 18.4 Å². The standard InChI is InChI=1S/C15H21F4NO/c1-14(2,21-4)8-7-13(20-3)10-5-6-12(16)11(9-10)15(17,18)19/h5-6,9,13,20H,7-8H2,1-4H3. The molecule has 0 aliphatic heterocycles. The quantitative estimate of drug-likeness (QED) is 0.791. The van der Waals surface area contributed by atoms with E-state index in [9.17, 15) is 17.6 Å². The average Bonchev–Trinajstić information content (AvgIpc) is 2.39. The van der Waals surface area contributed by atoms with Gasteiger partial charge in [-0.1, -0.05) is 6.07 Å². The minimum absolute atomic E-state index is 0.291. The van der Waals surface area contributed by atoms with Crippen molar-refractivity contribution in [2.75, 3.05) is 14.2 Å². The normalized spacial score (nSPS) is 14.3. The molecule has 0 aliphatic carbocycles. The summed E-state index contributed by atoms with van der Waals surface area (Å²) in [5.41, 5.74) is -1.17. The summed E-state index contributed by atoms with van der Waals surface area (Å²) in [5, 5.41) is 2.97. The summed E-state index contributed by atoms with van der Waals surface area (Å²) < 4.78 is 56.8. The van der Waals surface area contributed by atoms with E-state index in [-0.39, 0.29) is 11.6 Å². The molecule has 1 unspecified atom stereocenters. The van der Waals surface area contributed by atoms with Crippen molar-refractivity contribution in [2.24, 2.45) is 0 Å². The van der Waals surface area contributed by atoms with E-state index in [1.807, 2.05) is 13.8 Å². The van der Waals surface area contributed by atoms with Crippen molar-refractivity contribution in [2.45, 2.75) is 44.5 Å². The lowest BCUT2D eigenvalue weighted by Crippen LogP contribution is -2.26. The number of halogens is 4. The topological polar surface area (TPSA) is 21.3 Å². The molecule has 21 heavy (non-hydrogen) atoms. The fraction of sp³-hybridized carbons (Fsp3) is 0.600. The van der Waals surface area contributed by atoms with Crippen molar-refractivity contribution >= 4 is 0 Å². The minimum atomic E-state index is -4.69. The predicted octanol–water partition coefficient (Wildman–Crippen LogP) is 4.31. The highest BCUT2D eigenvalue weighted by Gasteiger charge is 2.34. The number of nitrogens with one attached hydrogen (secondary N) is 1. The Bertz CT molecular complexity index is 471. The third kappa shape index (κ3) is 4.97. The van der Waals surface area contributed by atoms with E-state index in [1.165, 1.54) is 6.07 Å². The number of hydrogen-bond donors (Lipinski definition) is 1. The fourth-order valence-corrected chi connectivity index (χ4v) is 2.05. The van der Waals surface area contributed by atoms with Crippen LogP contribution in [0.25, 0.3) is 0 Å². The van der Waals surface area contributed by atoms with E-state index in [1.54, 1.807) is 14.2 Å². The van der Waals surface area contributed by atoms with Crippen LogP contribution >= 0.6 is 0 Å². The maximum Gasteiger partial charge on any atom is 0.419 e. The summed E-state index contributed by atoms with van der Waals surface area (Å²) in [4.78, 5) is 0. The third-order valence-electron chi connectivity index (χ3n) is 3.63. The molecular formula is C15H21F4NO. The van der Waals surface area contributed by atoms with Crippen LogP contribution in [0, 0.1) is 5.82 Å². The van der Waals surface area contributed by atoms with Crippen LogP contribution in [0.15, 0.2) is 18.2 Å². The molecule has 1 N–H and O–H groups in total. The first-order chi connectivity index (χ1) is 9.60. The van der Waals surface area contributed by atoms with Gasteiger partial charge in [-0.25, -0.2) is 4.39 Å². The molecule has 120 valence electrons. The summed E-state index contributed by atoms with van der Waals surface area (Å²) in [6.45, 7) is 3.82. The number of benzene rings is 1. The smallest absolute Gasteiger partial charge is 0.379 e. The van der Waals surface area contributed by atoms with Crippen molar-refractivity contribution < 1.29 is 22.3 Å². The molecule has 0 amide bonds. The number of hydrogen-bond acceptors (Lipinski definition) is 2. The van der Waals surface area contributed by atoms with Gasteiger partial charge < -0.3 is 10.1 Å². The van der Waals surface area contributed by atoms with Crippen LogP contribution in [0.1, 0.15) is 43.9 Å². The van der Waals surface area contributed by atoms with Gasteiger partial charge in [0.15, 0.2) is 0 Å².